The van der Waals surface area contributed by atoms with Crippen molar-refractivity contribution in [3.05, 3.63) is 81.4 Å². The van der Waals surface area contributed by atoms with E-state index in [1.807, 2.05) is 44.2 Å². The van der Waals surface area contributed by atoms with Gasteiger partial charge >= 0.3 is 0 Å². The molecule has 130 valence electrons. The number of aromatic nitrogens is 4. The SMILES string of the molecule is CC(C)n1nc(-c2c(-c3ccccc3)[nH]n3ccc(=O)cc23)ccc1=O. The molecule has 0 bridgehead atoms. The molecule has 0 aliphatic carbocycles. The maximum absolute atomic E-state index is 12.1. The maximum Gasteiger partial charge on any atom is 0.267 e. The van der Waals surface area contributed by atoms with Crippen LogP contribution < -0.4 is 11.0 Å². The Morgan fingerprint density at radius 2 is 1.77 bits per heavy atom. The molecule has 4 aromatic rings. The third-order valence-corrected chi connectivity index (χ3v) is 4.30. The predicted octanol–water partition coefficient (Wildman–Crippen LogP) is 3.10. The van der Waals surface area contributed by atoms with E-state index in [2.05, 4.69) is 10.2 Å². The van der Waals surface area contributed by atoms with E-state index in [0.29, 0.717) is 5.69 Å². The summed E-state index contributed by atoms with van der Waals surface area (Å²) in [4.78, 5) is 24.0. The number of nitrogens with one attached hydrogen (secondary N) is 1. The Bertz CT molecular complexity index is 1200. The molecule has 0 radical (unpaired) electrons. The number of H-pyrrole nitrogens is 1. The zero-order valence-electron chi connectivity index (χ0n) is 14.5. The summed E-state index contributed by atoms with van der Waals surface area (Å²) in [6, 6.07) is 16.1. The van der Waals surface area contributed by atoms with Gasteiger partial charge in [-0.15, -0.1) is 0 Å². The summed E-state index contributed by atoms with van der Waals surface area (Å²) in [5.41, 5.74) is 3.74. The van der Waals surface area contributed by atoms with Crippen molar-refractivity contribution in [2.24, 2.45) is 0 Å². The predicted molar refractivity (Wildman–Crippen MR) is 101 cm³/mol. The fourth-order valence-electron chi connectivity index (χ4n) is 3.08. The summed E-state index contributed by atoms with van der Waals surface area (Å²) in [6.45, 7) is 3.83. The monoisotopic (exact) mass is 346 g/mol. The number of fused-ring (bicyclic) bond motifs is 1. The van der Waals surface area contributed by atoms with Crippen molar-refractivity contribution in [2.75, 3.05) is 0 Å². The lowest BCUT2D eigenvalue weighted by molar-refractivity contribution is 0.505. The second-order valence-electron chi connectivity index (χ2n) is 6.44. The summed E-state index contributed by atoms with van der Waals surface area (Å²) in [6.07, 6.45) is 1.70. The van der Waals surface area contributed by atoms with Gasteiger partial charge in [-0.2, -0.15) is 5.10 Å². The van der Waals surface area contributed by atoms with Crippen LogP contribution in [0.25, 0.3) is 28.0 Å². The highest BCUT2D eigenvalue weighted by Gasteiger charge is 2.17. The first-order valence-corrected chi connectivity index (χ1v) is 8.44. The molecule has 3 aromatic heterocycles. The van der Waals surface area contributed by atoms with Crippen molar-refractivity contribution in [3.63, 3.8) is 0 Å². The smallest absolute Gasteiger partial charge is 0.267 e. The molecule has 0 aliphatic rings. The first kappa shape index (κ1) is 16.1. The average Bonchev–Trinajstić information content (AvgIpc) is 3.01. The van der Waals surface area contributed by atoms with Gasteiger partial charge in [0.05, 0.1) is 28.5 Å². The molecule has 3 heterocycles. The molecule has 6 heteroatoms. The van der Waals surface area contributed by atoms with Crippen LogP contribution in [0.15, 0.2) is 70.4 Å². The molecule has 26 heavy (non-hydrogen) atoms. The average molecular weight is 346 g/mol. The Balaban J connectivity index is 2.08. The van der Waals surface area contributed by atoms with E-state index in [0.717, 1.165) is 22.3 Å². The van der Waals surface area contributed by atoms with E-state index in [4.69, 9.17) is 0 Å². The van der Waals surface area contributed by atoms with Gasteiger partial charge in [0.15, 0.2) is 5.43 Å². The van der Waals surface area contributed by atoms with Gasteiger partial charge in [0.2, 0.25) is 0 Å². The standard InChI is InChI=1S/C20H18N4O2/c1-13(2)24-18(26)9-8-16(21-24)19-17-12-15(25)10-11-23(17)22-20(19)14-6-4-3-5-7-14/h3-13,22H,1-2H3. The van der Waals surface area contributed by atoms with E-state index in [1.54, 1.807) is 22.8 Å². The van der Waals surface area contributed by atoms with E-state index < -0.39 is 0 Å². The minimum absolute atomic E-state index is 0.0597. The molecule has 0 amide bonds. The van der Waals surface area contributed by atoms with Gasteiger partial charge in [0, 0.05) is 30.0 Å². The molecule has 0 spiro atoms. The lowest BCUT2D eigenvalue weighted by Gasteiger charge is -2.10. The summed E-state index contributed by atoms with van der Waals surface area (Å²) in [5, 5.41) is 7.87. The zero-order chi connectivity index (χ0) is 18.3. The van der Waals surface area contributed by atoms with Gasteiger partial charge in [0.1, 0.15) is 0 Å². The Hall–Kier alpha value is -3.41. The van der Waals surface area contributed by atoms with Crippen molar-refractivity contribution >= 4 is 5.52 Å². The first-order valence-electron chi connectivity index (χ1n) is 8.44. The van der Waals surface area contributed by atoms with Crippen LogP contribution in [0.3, 0.4) is 0 Å². The molecule has 0 fully saturated rings. The molecule has 1 aromatic carbocycles. The minimum atomic E-state index is -0.151. The topological polar surface area (TPSA) is 72.2 Å². The maximum atomic E-state index is 12.1. The summed E-state index contributed by atoms with van der Waals surface area (Å²) in [7, 11) is 0. The quantitative estimate of drug-likeness (QED) is 0.619. The molecule has 0 unspecified atom stereocenters. The van der Waals surface area contributed by atoms with E-state index in [9.17, 15) is 9.59 Å². The molecular formula is C20H18N4O2. The van der Waals surface area contributed by atoms with Crippen LogP contribution in [-0.2, 0) is 0 Å². The molecule has 0 aliphatic heterocycles. The van der Waals surface area contributed by atoms with E-state index in [-0.39, 0.29) is 17.0 Å². The summed E-state index contributed by atoms with van der Waals surface area (Å²) < 4.78 is 3.25. The third kappa shape index (κ3) is 2.65. The number of hydrogen-bond donors (Lipinski definition) is 1. The van der Waals surface area contributed by atoms with Gasteiger partial charge in [-0.3, -0.25) is 19.2 Å². The van der Waals surface area contributed by atoms with Crippen LogP contribution in [0.5, 0.6) is 0 Å². The van der Waals surface area contributed by atoms with Gasteiger partial charge in [0.25, 0.3) is 5.56 Å². The molecular weight excluding hydrogens is 328 g/mol. The van der Waals surface area contributed by atoms with Crippen LogP contribution >= 0.6 is 0 Å². The number of benzene rings is 1. The Labute approximate surface area is 149 Å². The van der Waals surface area contributed by atoms with Crippen molar-refractivity contribution in [2.45, 2.75) is 19.9 Å². The lowest BCUT2D eigenvalue weighted by Crippen LogP contribution is -2.23. The largest absolute Gasteiger partial charge is 0.293 e. The molecule has 0 saturated heterocycles. The van der Waals surface area contributed by atoms with Crippen LogP contribution in [0.4, 0.5) is 0 Å². The summed E-state index contributed by atoms with van der Waals surface area (Å²) >= 11 is 0. The normalized spacial score (nSPS) is 11.3. The van der Waals surface area contributed by atoms with Crippen LogP contribution in [-0.4, -0.2) is 19.4 Å². The van der Waals surface area contributed by atoms with Crippen molar-refractivity contribution in [1.82, 2.24) is 19.4 Å². The van der Waals surface area contributed by atoms with Gasteiger partial charge in [-0.05, 0) is 19.9 Å². The van der Waals surface area contributed by atoms with Crippen molar-refractivity contribution in [3.8, 4) is 22.5 Å². The second-order valence-corrected chi connectivity index (χ2v) is 6.44. The van der Waals surface area contributed by atoms with Crippen LogP contribution in [0.2, 0.25) is 0 Å². The van der Waals surface area contributed by atoms with Gasteiger partial charge in [-0.25, -0.2) is 4.68 Å². The van der Waals surface area contributed by atoms with Crippen molar-refractivity contribution < 1.29 is 0 Å². The first-order chi connectivity index (χ1) is 12.5. The fraction of sp³-hybridized carbons (Fsp3) is 0.150. The fourth-order valence-corrected chi connectivity index (χ4v) is 3.08. The van der Waals surface area contributed by atoms with Gasteiger partial charge in [-0.1, -0.05) is 30.3 Å². The molecule has 1 N–H and O–H groups in total. The number of nitrogens with zero attached hydrogens (tertiary/aromatic N) is 3. The van der Waals surface area contributed by atoms with E-state index in [1.165, 1.54) is 16.8 Å². The molecule has 4 rings (SSSR count). The van der Waals surface area contributed by atoms with Gasteiger partial charge < -0.3 is 0 Å². The second kappa shape index (κ2) is 6.15. The Morgan fingerprint density at radius 3 is 2.50 bits per heavy atom. The number of pyridine rings is 1. The molecule has 0 saturated carbocycles. The Kier molecular flexibility index (Phi) is 3.80. The Morgan fingerprint density at radius 1 is 1.00 bits per heavy atom. The van der Waals surface area contributed by atoms with Crippen molar-refractivity contribution in [1.29, 1.82) is 0 Å². The number of hydrogen-bond acceptors (Lipinski definition) is 3. The van der Waals surface area contributed by atoms with E-state index >= 15 is 0 Å². The lowest BCUT2D eigenvalue weighted by atomic mass is 10.0. The molecule has 0 atom stereocenters. The zero-order valence-corrected chi connectivity index (χ0v) is 14.5. The minimum Gasteiger partial charge on any atom is -0.293 e. The molecule has 6 nitrogen and oxygen atoms in total. The van der Waals surface area contributed by atoms with Crippen LogP contribution in [0.1, 0.15) is 19.9 Å². The number of aromatic amines is 1. The number of rotatable bonds is 3. The third-order valence-electron chi connectivity index (χ3n) is 4.30. The highest BCUT2D eigenvalue weighted by Crippen LogP contribution is 2.33. The highest BCUT2D eigenvalue weighted by molar-refractivity contribution is 5.90. The summed E-state index contributed by atoms with van der Waals surface area (Å²) in [5.74, 6) is 0. The van der Waals surface area contributed by atoms with Crippen LogP contribution in [0, 0.1) is 0 Å². The highest BCUT2D eigenvalue weighted by atomic mass is 16.1.